The van der Waals surface area contributed by atoms with Gasteiger partial charge in [-0.3, -0.25) is 9.59 Å². The summed E-state index contributed by atoms with van der Waals surface area (Å²) in [5, 5.41) is 3.10. The summed E-state index contributed by atoms with van der Waals surface area (Å²) in [4.78, 5) is 36.1. The second-order valence-corrected chi connectivity index (χ2v) is 10.2. The molecule has 1 saturated carbocycles. The Morgan fingerprint density at radius 1 is 0.974 bits per heavy atom. The van der Waals surface area contributed by atoms with E-state index in [0.717, 1.165) is 37.3 Å². The fourth-order valence-corrected chi connectivity index (χ4v) is 4.65. The zero-order valence-corrected chi connectivity index (χ0v) is 22.0. The van der Waals surface area contributed by atoms with Crippen molar-refractivity contribution in [2.45, 2.75) is 32.6 Å². The van der Waals surface area contributed by atoms with Gasteiger partial charge >= 0.3 is 0 Å². The first-order valence-electron chi connectivity index (χ1n) is 13.3. The minimum Gasteiger partial charge on any atom is -0.497 e. The van der Waals surface area contributed by atoms with Crippen LogP contribution in [0.1, 0.15) is 53.3 Å². The third-order valence-electron chi connectivity index (χ3n) is 7.22. The molecule has 2 aromatic carbocycles. The summed E-state index contributed by atoms with van der Waals surface area (Å²) in [5.41, 5.74) is 2.03. The van der Waals surface area contributed by atoms with Crippen molar-refractivity contribution in [2.24, 2.45) is 11.8 Å². The number of ether oxygens (including phenoxy) is 2. The maximum Gasteiger partial charge on any atom is 0.251 e. The molecule has 1 aliphatic carbocycles. The summed E-state index contributed by atoms with van der Waals surface area (Å²) in [6.07, 6.45) is 6.09. The molecule has 8 heteroatoms. The van der Waals surface area contributed by atoms with Gasteiger partial charge in [-0.1, -0.05) is 18.2 Å². The fourth-order valence-electron chi connectivity index (χ4n) is 4.65. The van der Waals surface area contributed by atoms with Crippen LogP contribution in [0.15, 0.2) is 54.7 Å². The molecule has 0 bridgehead atoms. The van der Waals surface area contributed by atoms with Crippen molar-refractivity contribution in [3.63, 3.8) is 0 Å². The molecule has 5 rings (SSSR count). The summed E-state index contributed by atoms with van der Waals surface area (Å²) in [7, 11) is 1.60. The molecule has 3 aromatic rings. The Morgan fingerprint density at radius 3 is 2.50 bits per heavy atom. The molecule has 1 saturated heterocycles. The van der Waals surface area contributed by atoms with Gasteiger partial charge in [0.15, 0.2) is 11.6 Å². The summed E-state index contributed by atoms with van der Waals surface area (Å²) in [6.45, 7) is 4.56. The molecule has 1 amide bonds. The smallest absolute Gasteiger partial charge is 0.251 e. The molecule has 1 aromatic heterocycles. The molecule has 2 fully saturated rings. The standard InChI is InChI=1S/C30H34N4O4/c1-20(35)23-4-3-5-24(14-23)29-31-11-8-28(33-29)34-12-9-21(10-13-34)18-32-30(36)25-15-26(37-2)17-27(16-25)38-19-22-6-7-22/h3-5,8,11,14-17,21-22H,6-7,9-10,12-13,18-19H2,1-2H3,(H,32,36). The number of nitrogens with one attached hydrogen (secondary N) is 1. The quantitative estimate of drug-likeness (QED) is 0.389. The highest BCUT2D eigenvalue weighted by molar-refractivity contribution is 5.95. The van der Waals surface area contributed by atoms with E-state index in [1.54, 1.807) is 38.4 Å². The van der Waals surface area contributed by atoms with E-state index in [-0.39, 0.29) is 11.7 Å². The molecule has 0 unspecified atom stereocenters. The van der Waals surface area contributed by atoms with Gasteiger partial charge in [-0.2, -0.15) is 0 Å². The van der Waals surface area contributed by atoms with Gasteiger partial charge in [0.05, 0.1) is 13.7 Å². The maximum absolute atomic E-state index is 12.9. The van der Waals surface area contributed by atoms with E-state index < -0.39 is 0 Å². The minimum atomic E-state index is -0.115. The highest BCUT2D eigenvalue weighted by Crippen LogP contribution is 2.31. The fraction of sp³-hybridized carbons (Fsp3) is 0.400. The van der Waals surface area contributed by atoms with Gasteiger partial charge in [0.2, 0.25) is 0 Å². The SMILES string of the molecule is COc1cc(OCC2CC2)cc(C(=O)NCC2CCN(c3ccnc(-c4cccc(C(C)=O)c4)n3)CC2)c1. The first-order valence-corrected chi connectivity index (χ1v) is 13.3. The number of carbonyl (C=O) groups excluding carboxylic acids is 2. The minimum absolute atomic E-state index is 0.0194. The number of carbonyl (C=O) groups is 2. The number of benzene rings is 2. The van der Waals surface area contributed by atoms with Crippen molar-refractivity contribution in [3.05, 3.63) is 65.9 Å². The van der Waals surface area contributed by atoms with E-state index in [1.165, 1.54) is 12.8 Å². The lowest BCUT2D eigenvalue weighted by molar-refractivity contribution is 0.0943. The topological polar surface area (TPSA) is 93.7 Å². The second-order valence-electron chi connectivity index (χ2n) is 10.2. The van der Waals surface area contributed by atoms with Crippen molar-refractivity contribution in [3.8, 4) is 22.9 Å². The van der Waals surface area contributed by atoms with Crippen LogP contribution in [0.5, 0.6) is 11.5 Å². The third-order valence-corrected chi connectivity index (χ3v) is 7.22. The maximum atomic E-state index is 12.9. The highest BCUT2D eigenvalue weighted by atomic mass is 16.5. The first-order chi connectivity index (χ1) is 18.5. The Labute approximate surface area is 223 Å². The second kappa shape index (κ2) is 11.6. The molecule has 2 heterocycles. The molecule has 0 radical (unpaired) electrons. The van der Waals surface area contributed by atoms with Gasteiger partial charge in [0.1, 0.15) is 17.3 Å². The van der Waals surface area contributed by atoms with Gasteiger partial charge in [-0.15, -0.1) is 0 Å². The van der Waals surface area contributed by atoms with E-state index >= 15 is 0 Å². The summed E-state index contributed by atoms with van der Waals surface area (Å²) >= 11 is 0. The number of methoxy groups -OCH3 is 1. The lowest BCUT2D eigenvalue weighted by Crippen LogP contribution is -2.39. The molecular weight excluding hydrogens is 480 g/mol. The van der Waals surface area contributed by atoms with Crippen LogP contribution in [0.2, 0.25) is 0 Å². The molecule has 198 valence electrons. The predicted molar refractivity (Wildman–Crippen MR) is 146 cm³/mol. The van der Waals surface area contributed by atoms with E-state index in [0.29, 0.717) is 53.4 Å². The lowest BCUT2D eigenvalue weighted by atomic mass is 9.96. The van der Waals surface area contributed by atoms with E-state index in [9.17, 15) is 9.59 Å². The molecule has 1 aliphatic heterocycles. The van der Waals surface area contributed by atoms with Crippen molar-refractivity contribution >= 4 is 17.5 Å². The molecule has 1 N–H and O–H groups in total. The number of Topliss-reactive ketones (excluding diaryl/α,β-unsaturated/α-hetero) is 1. The van der Waals surface area contributed by atoms with Crippen LogP contribution in [-0.2, 0) is 0 Å². The number of rotatable bonds is 10. The number of hydrogen-bond donors (Lipinski definition) is 1. The first kappa shape index (κ1) is 25.7. The van der Waals surface area contributed by atoms with Crippen molar-refractivity contribution in [2.75, 3.05) is 38.3 Å². The number of hydrogen-bond acceptors (Lipinski definition) is 7. The number of anilines is 1. The lowest BCUT2D eigenvalue weighted by Gasteiger charge is -2.33. The van der Waals surface area contributed by atoms with E-state index in [1.807, 2.05) is 30.3 Å². The van der Waals surface area contributed by atoms with Crippen molar-refractivity contribution in [1.82, 2.24) is 15.3 Å². The van der Waals surface area contributed by atoms with Crippen LogP contribution in [0, 0.1) is 11.8 Å². The Balaban J connectivity index is 1.15. The van der Waals surface area contributed by atoms with Gasteiger partial charge in [-0.05, 0) is 68.7 Å². The van der Waals surface area contributed by atoms with Crippen LogP contribution in [-0.4, -0.2) is 55.0 Å². The molecule has 38 heavy (non-hydrogen) atoms. The Hall–Kier alpha value is -3.94. The van der Waals surface area contributed by atoms with Crippen molar-refractivity contribution < 1.29 is 19.1 Å². The van der Waals surface area contributed by atoms with E-state index in [4.69, 9.17) is 14.5 Å². The van der Waals surface area contributed by atoms with Crippen LogP contribution < -0.4 is 19.7 Å². The van der Waals surface area contributed by atoms with Crippen LogP contribution in [0.4, 0.5) is 5.82 Å². The van der Waals surface area contributed by atoms with Crippen LogP contribution in [0.25, 0.3) is 11.4 Å². The van der Waals surface area contributed by atoms with Gasteiger partial charge in [0.25, 0.3) is 5.91 Å². The average molecular weight is 515 g/mol. The molecule has 0 atom stereocenters. The van der Waals surface area contributed by atoms with Crippen LogP contribution >= 0.6 is 0 Å². The van der Waals surface area contributed by atoms with E-state index in [2.05, 4.69) is 15.2 Å². The Morgan fingerprint density at radius 2 is 1.76 bits per heavy atom. The zero-order chi connectivity index (χ0) is 26.5. The predicted octanol–water partition coefficient (Wildman–Crippen LogP) is 4.79. The largest absolute Gasteiger partial charge is 0.497 e. The number of amides is 1. The number of nitrogens with zero attached hydrogens (tertiary/aromatic N) is 3. The average Bonchev–Trinajstić information content (AvgIpc) is 3.80. The summed E-state index contributed by atoms with van der Waals surface area (Å²) < 4.78 is 11.3. The van der Waals surface area contributed by atoms with Gasteiger partial charge in [-0.25, -0.2) is 9.97 Å². The molecule has 2 aliphatic rings. The van der Waals surface area contributed by atoms with Gasteiger partial charge < -0.3 is 19.7 Å². The van der Waals surface area contributed by atoms with Crippen LogP contribution in [0.3, 0.4) is 0 Å². The molecular formula is C30H34N4O4. The number of piperidine rings is 1. The van der Waals surface area contributed by atoms with Gasteiger partial charge in [0, 0.05) is 48.6 Å². The molecule has 0 spiro atoms. The normalized spacial score (nSPS) is 15.7. The summed E-state index contributed by atoms with van der Waals surface area (Å²) in [6, 6.07) is 14.7. The number of aromatic nitrogens is 2. The number of ketones is 1. The highest BCUT2D eigenvalue weighted by Gasteiger charge is 2.23. The zero-order valence-electron chi connectivity index (χ0n) is 22.0. The third kappa shape index (κ3) is 6.49. The molecule has 8 nitrogen and oxygen atoms in total. The summed E-state index contributed by atoms with van der Waals surface area (Å²) in [5.74, 6) is 3.71. The van der Waals surface area contributed by atoms with Crippen molar-refractivity contribution in [1.29, 1.82) is 0 Å². The Kier molecular flexibility index (Phi) is 7.86. The monoisotopic (exact) mass is 514 g/mol. The Bertz CT molecular complexity index is 1300.